The molecule has 4 aromatic rings. The lowest BCUT2D eigenvalue weighted by Gasteiger charge is -2.13. The zero-order valence-corrected chi connectivity index (χ0v) is 21.0. The van der Waals surface area contributed by atoms with Crippen molar-refractivity contribution in [2.75, 3.05) is 13.7 Å². The third-order valence-electron chi connectivity index (χ3n) is 5.63. The number of rotatable bonds is 8. The summed E-state index contributed by atoms with van der Waals surface area (Å²) in [5.41, 5.74) is 2.39. The van der Waals surface area contributed by atoms with E-state index in [4.69, 9.17) is 25.8 Å². The van der Waals surface area contributed by atoms with Crippen molar-refractivity contribution in [3.05, 3.63) is 81.6 Å². The number of fused-ring (bicyclic) bond motifs is 1. The first-order valence-corrected chi connectivity index (χ1v) is 11.6. The van der Waals surface area contributed by atoms with E-state index in [0.717, 1.165) is 17.8 Å². The third kappa shape index (κ3) is 5.64. The summed E-state index contributed by atoms with van der Waals surface area (Å²) < 4.78 is 57.4. The molecule has 0 aliphatic rings. The number of benzene rings is 2. The van der Waals surface area contributed by atoms with Gasteiger partial charge in [-0.1, -0.05) is 29.8 Å². The molecule has 2 aromatic heterocycles. The summed E-state index contributed by atoms with van der Waals surface area (Å²) in [6.07, 6.45) is -3.80. The molecule has 2 aromatic carbocycles. The Bertz CT molecular complexity index is 1450. The number of ether oxygens (including phenoxy) is 3. The Morgan fingerprint density at radius 3 is 2.57 bits per heavy atom. The number of aryl methyl sites for hydroxylation is 1. The van der Waals surface area contributed by atoms with Crippen LogP contribution in [0.25, 0.3) is 11.0 Å². The predicted octanol–water partition coefficient (Wildman–Crippen LogP) is 6.22. The van der Waals surface area contributed by atoms with Gasteiger partial charge in [-0.05, 0) is 37.6 Å². The molecular formula is C26H23ClF3N3O4. The number of aromatic nitrogens is 3. The molecule has 11 heteroatoms. The highest BCUT2D eigenvalue weighted by Gasteiger charge is 2.31. The highest BCUT2D eigenvalue weighted by molar-refractivity contribution is 6.31. The lowest BCUT2D eigenvalue weighted by Crippen LogP contribution is -2.10. The van der Waals surface area contributed by atoms with Crippen molar-refractivity contribution >= 4 is 28.6 Å². The van der Waals surface area contributed by atoms with Gasteiger partial charge in [-0.2, -0.15) is 18.2 Å². The largest absolute Gasteiger partial charge is 0.489 e. The van der Waals surface area contributed by atoms with E-state index in [1.54, 1.807) is 47.9 Å². The first-order chi connectivity index (χ1) is 17.6. The quantitative estimate of drug-likeness (QED) is 0.250. The summed E-state index contributed by atoms with van der Waals surface area (Å²) in [6, 6.07) is 11.6. The number of esters is 1. The molecular weight excluding hydrogens is 511 g/mol. The number of carbonyl (C=O) groups excluding carboxylic acids is 1. The topological polar surface area (TPSA) is 75.5 Å². The van der Waals surface area contributed by atoms with Crippen LogP contribution in [0.5, 0.6) is 11.8 Å². The molecule has 0 amide bonds. The van der Waals surface area contributed by atoms with E-state index in [0.29, 0.717) is 34.5 Å². The first kappa shape index (κ1) is 26.3. The number of methoxy groups -OCH3 is 1. The van der Waals surface area contributed by atoms with Crippen LogP contribution in [0.2, 0.25) is 5.02 Å². The van der Waals surface area contributed by atoms with Crippen molar-refractivity contribution in [1.29, 1.82) is 0 Å². The molecule has 194 valence electrons. The summed E-state index contributed by atoms with van der Waals surface area (Å²) >= 11 is 6.17. The highest BCUT2D eigenvalue weighted by Crippen LogP contribution is 2.33. The average Bonchev–Trinajstić information content (AvgIpc) is 3.20. The van der Waals surface area contributed by atoms with Gasteiger partial charge in [0, 0.05) is 17.8 Å². The van der Waals surface area contributed by atoms with E-state index >= 15 is 0 Å². The molecule has 37 heavy (non-hydrogen) atoms. The van der Waals surface area contributed by atoms with E-state index in [1.165, 1.54) is 7.11 Å². The second-order valence-corrected chi connectivity index (χ2v) is 8.52. The van der Waals surface area contributed by atoms with E-state index in [2.05, 4.69) is 9.97 Å². The Morgan fingerprint density at radius 2 is 1.89 bits per heavy atom. The van der Waals surface area contributed by atoms with Crippen LogP contribution in [0.15, 0.2) is 48.7 Å². The Hall–Kier alpha value is -3.79. The minimum atomic E-state index is -4.55. The minimum Gasteiger partial charge on any atom is -0.489 e. The molecule has 0 fully saturated rings. The number of imidazole rings is 1. The van der Waals surface area contributed by atoms with Gasteiger partial charge in [-0.25, -0.2) is 4.79 Å². The number of pyridine rings is 1. The number of hydrogen-bond acceptors (Lipinski definition) is 6. The van der Waals surface area contributed by atoms with Gasteiger partial charge in [0.1, 0.15) is 12.4 Å². The van der Waals surface area contributed by atoms with Gasteiger partial charge in [-0.3, -0.25) is 9.55 Å². The Labute approximate surface area is 215 Å². The van der Waals surface area contributed by atoms with Crippen LogP contribution < -0.4 is 9.47 Å². The van der Waals surface area contributed by atoms with Gasteiger partial charge in [0.05, 0.1) is 53.1 Å². The summed E-state index contributed by atoms with van der Waals surface area (Å²) in [4.78, 5) is 20.6. The second kappa shape index (κ2) is 10.7. The SMILES string of the molecule is CCOc1nc2c(C)cc(OCc3ccccc3C(=O)OC)cc2n1Cc1ncc(C(F)(F)F)cc1Cl. The van der Waals surface area contributed by atoms with Gasteiger partial charge < -0.3 is 14.2 Å². The maximum absolute atomic E-state index is 13.0. The first-order valence-electron chi connectivity index (χ1n) is 11.3. The molecule has 0 N–H and O–H groups in total. The Kier molecular flexibility index (Phi) is 7.58. The van der Waals surface area contributed by atoms with Gasteiger partial charge >= 0.3 is 12.1 Å². The zero-order chi connectivity index (χ0) is 26.7. The van der Waals surface area contributed by atoms with Crippen molar-refractivity contribution in [3.8, 4) is 11.8 Å². The van der Waals surface area contributed by atoms with E-state index < -0.39 is 17.7 Å². The average molecular weight is 534 g/mol. The van der Waals surface area contributed by atoms with Gasteiger partial charge in [0.15, 0.2) is 0 Å². The summed E-state index contributed by atoms with van der Waals surface area (Å²) in [6.45, 7) is 4.11. The molecule has 0 atom stereocenters. The number of hydrogen-bond donors (Lipinski definition) is 0. The number of nitrogens with zero attached hydrogens (tertiary/aromatic N) is 3. The van der Waals surface area contributed by atoms with Crippen LogP contribution >= 0.6 is 11.6 Å². The zero-order valence-electron chi connectivity index (χ0n) is 20.2. The molecule has 2 heterocycles. The molecule has 0 saturated carbocycles. The number of alkyl halides is 3. The molecule has 4 rings (SSSR count). The van der Waals surface area contributed by atoms with Crippen molar-refractivity contribution < 1.29 is 32.2 Å². The van der Waals surface area contributed by atoms with Crippen LogP contribution in [0, 0.1) is 6.92 Å². The summed E-state index contributed by atoms with van der Waals surface area (Å²) in [5, 5.41) is -0.123. The molecule has 7 nitrogen and oxygen atoms in total. The van der Waals surface area contributed by atoms with Gasteiger partial charge in [0.25, 0.3) is 6.01 Å². The molecule has 0 aliphatic heterocycles. The standard InChI is InChI=1S/C26H23ClF3N3O4/c1-4-36-25-32-23-15(2)9-18(37-14-16-7-5-6-8-19(16)24(34)35-3)11-22(23)33(25)13-21-20(27)10-17(12-31-21)26(28,29)30/h5-12H,4,13-14H2,1-3H3. The van der Waals surface area contributed by atoms with E-state index in [1.807, 2.05) is 6.92 Å². The Morgan fingerprint density at radius 1 is 1.14 bits per heavy atom. The lowest BCUT2D eigenvalue weighted by molar-refractivity contribution is -0.137. The Balaban J connectivity index is 1.70. The fraction of sp³-hybridized carbons (Fsp3) is 0.269. The lowest BCUT2D eigenvalue weighted by atomic mass is 10.1. The van der Waals surface area contributed by atoms with Crippen molar-refractivity contribution in [2.45, 2.75) is 33.2 Å². The number of halogens is 4. The third-order valence-corrected chi connectivity index (χ3v) is 5.95. The van der Waals surface area contributed by atoms with Crippen molar-refractivity contribution in [2.24, 2.45) is 0 Å². The van der Waals surface area contributed by atoms with Crippen LogP contribution in [-0.2, 0) is 24.1 Å². The van der Waals surface area contributed by atoms with Crippen molar-refractivity contribution in [3.63, 3.8) is 0 Å². The minimum absolute atomic E-state index is 0.0247. The van der Waals surface area contributed by atoms with Crippen LogP contribution in [0.3, 0.4) is 0 Å². The molecule has 0 unspecified atom stereocenters. The smallest absolute Gasteiger partial charge is 0.417 e. The number of carbonyl (C=O) groups is 1. The van der Waals surface area contributed by atoms with E-state index in [-0.39, 0.29) is 29.9 Å². The monoisotopic (exact) mass is 533 g/mol. The van der Waals surface area contributed by atoms with Crippen LogP contribution in [0.1, 0.15) is 39.7 Å². The molecule has 0 aliphatic carbocycles. The summed E-state index contributed by atoms with van der Waals surface area (Å²) in [5.74, 6) is 0.0338. The maximum Gasteiger partial charge on any atom is 0.417 e. The summed E-state index contributed by atoms with van der Waals surface area (Å²) in [7, 11) is 1.31. The molecule has 0 bridgehead atoms. The van der Waals surface area contributed by atoms with Gasteiger partial charge in [-0.15, -0.1) is 0 Å². The highest BCUT2D eigenvalue weighted by atomic mass is 35.5. The molecule has 0 spiro atoms. The predicted molar refractivity (Wildman–Crippen MR) is 131 cm³/mol. The van der Waals surface area contributed by atoms with Crippen LogP contribution in [-0.4, -0.2) is 34.2 Å². The van der Waals surface area contributed by atoms with E-state index in [9.17, 15) is 18.0 Å². The maximum atomic E-state index is 13.0. The fourth-order valence-electron chi connectivity index (χ4n) is 3.82. The second-order valence-electron chi connectivity index (χ2n) is 8.11. The van der Waals surface area contributed by atoms with Gasteiger partial charge in [0.2, 0.25) is 0 Å². The van der Waals surface area contributed by atoms with Crippen LogP contribution in [0.4, 0.5) is 13.2 Å². The normalized spacial score (nSPS) is 11.5. The fourth-order valence-corrected chi connectivity index (χ4v) is 4.04. The molecule has 0 saturated heterocycles. The van der Waals surface area contributed by atoms with Crippen molar-refractivity contribution in [1.82, 2.24) is 14.5 Å². The molecule has 0 radical (unpaired) electrons.